The van der Waals surface area contributed by atoms with Gasteiger partial charge in [-0.05, 0) is 37.1 Å². The number of halogens is 3. The normalized spacial score (nSPS) is 19.7. The second-order valence-corrected chi connectivity index (χ2v) is 8.04. The molecule has 1 aromatic carbocycles. The Labute approximate surface area is 177 Å². The van der Waals surface area contributed by atoms with E-state index in [1.54, 1.807) is 18.3 Å². The molecule has 9 heteroatoms. The van der Waals surface area contributed by atoms with E-state index in [1.165, 1.54) is 23.1 Å². The van der Waals surface area contributed by atoms with Crippen LogP contribution in [0.3, 0.4) is 0 Å². The van der Waals surface area contributed by atoms with Crippen LogP contribution in [0.5, 0.6) is 5.75 Å². The number of benzene rings is 1. The summed E-state index contributed by atoms with van der Waals surface area (Å²) in [5, 5.41) is 2.89. The highest BCUT2D eigenvalue weighted by Gasteiger charge is 2.54. The standard InChI is InChI=1S/C22H22F3N3O3/c23-22(24,25)31-18-8-2-1-7-16(18)20(30)28-13-17(21(14-28)9-5-10-21)19(29)27-12-15-6-3-4-11-26-15/h1-4,6-8,11,17H,5,9-10,12-14H2,(H,27,29). The highest BCUT2D eigenvalue weighted by Crippen LogP contribution is 2.52. The van der Waals surface area contributed by atoms with E-state index in [1.807, 2.05) is 6.07 Å². The van der Waals surface area contributed by atoms with Crippen LogP contribution >= 0.6 is 0 Å². The zero-order valence-electron chi connectivity index (χ0n) is 16.7. The highest BCUT2D eigenvalue weighted by atomic mass is 19.4. The topological polar surface area (TPSA) is 71.5 Å². The Morgan fingerprint density at radius 2 is 1.90 bits per heavy atom. The summed E-state index contributed by atoms with van der Waals surface area (Å²) < 4.78 is 42.2. The number of carbonyl (C=O) groups is 2. The lowest BCUT2D eigenvalue weighted by Gasteiger charge is -2.41. The Bertz CT molecular complexity index is 961. The van der Waals surface area contributed by atoms with Gasteiger partial charge < -0.3 is 15.0 Å². The van der Waals surface area contributed by atoms with Crippen LogP contribution in [0, 0.1) is 11.3 Å². The molecule has 2 heterocycles. The van der Waals surface area contributed by atoms with E-state index in [-0.39, 0.29) is 30.0 Å². The maximum Gasteiger partial charge on any atom is 0.573 e. The van der Waals surface area contributed by atoms with E-state index < -0.39 is 23.9 Å². The first-order chi connectivity index (χ1) is 14.8. The van der Waals surface area contributed by atoms with Crippen molar-refractivity contribution in [3.05, 3.63) is 59.9 Å². The van der Waals surface area contributed by atoms with Crippen LogP contribution in [0.2, 0.25) is 0 Å². The molecule has 1 saturated heterocycles. The van der Waals surface area contributed by atoms with Crippen LogP contribution < -0.4 is 10.1 Å². The minimum Gasteiger partial charge on any atom is -0.405 e. The molecule has 1 aromatic heterocycles. The summed E-state index contributed by atoms with van der Waals surface area (Å²) in [5.74, 6) is -1.68. The van der Waals surface area contributed by atoms with Crippen molar-refractivity contribution in [2.24, 2.45) is 11.3 Å². The lowest BCUT2D eigenvalue weighted by molar-refractivity contribution is -0.274. The molecule has 31 heavy (non-hydrogen) atoms. The smallest absolute Gasteiger partial charge is 0.405 e. The molecule has 1 N–H and O–H groups in total. The molecule has 4 rings (SSSR count). The van der Waals surface area contributed by atoms with Gasteiger partial charge in [0.15, 0.2) is 0 Å². The number of likely N-dealkylation sites (tertiary alicyclic amines) is 1. The number of hydrogen-bond acceptors (Lipinski definition) is 4. The number of nitrogens with one attached hydrogen (secondary N) is 1. The summed E-state index contributed by atoms with van der Waals surface area (Å²) in [4.78, 5) is 31.7. The molecule has 6 nitrogen and oxygen atoms in total. The molecule has 1 atom stereocenters. The van der Waals surface area contributed by atoms with Gasteiger partial charge in [-0.15, -0.1) is 13.2 Å². The van der Waals surface area contributed by atoms with Gasteiger partial charge in [0.05, 0.1) is 23.7 Å². The number of para-hydroxylation sites is 1. The van der Waals surface area contributed by atoms with Crippen molar-refractivity contribution in [2.75, 3.05) is 13.1 Å². The monoisotopic (exact) mass is 433 g/mol. The number of hydrogen-bond donors (Lipinski definition) is 1. The van der Waals surface area contributed by atoms with E-state index >= 15 is 0 Å². The number of alkyl halides is 3. The van der Waals surface area contributed by atoms with E-state index in [4.69, 9.17) is 0 Å². The van der Waals surface area contributed by atoms with Crippen molar-refractivity contribution < 1.29 is 27.5 Å². The Hall–Kier alpha value is -3.10. The molecule has 2 aromatic rings. The summed E-state index contributed by atoms with van der Waals surface area (Å²) >= 11 is 0. The lowest BCUT2D eigenvalue weighted by Crippen LogP contribution is -2.45. The molecule has 2 aliphatic rings. The molecular formula is C22H22F3N3O3. The van der Waals surface area contributed by atoms with Crippen LogP contribution in [0.1, 0.15) is 35.3 Å². The summed E-state index contributed by atoms with van der Waals surface area (Å²) in [6.07, 6.45) is -0.687. The number of ether oxygens (including phenoxy) is 1. The van der Waals surface area contributed by atoms with Crippen molar-refractivity contribution in [3.63, 3.8) is 0 Å². The van der Waals surface area contributed by atoms with Gasteiger partial charge in [0.1, 0.15) is 5.75 Å². The van der Waals surface area contributed by atoms with Gasteiger partial charge in [0.2, 0.25) is 5.91 Å². The van der Waals surface area contributed by atoms with Crippen LogP contribution in [0.15, 0.2) is 48.7 Å². The molecule has 164 valence electrons. The van der Waals surface area contributed by atoms with Gasteiger partial charge in [-0.3, -0.25) is 14.6 Å². The Kier molecular flexibility index (Phi) is 5.60. The Morgan fingerprint density at radius 1 is 1.16 bits per heavy atom. The van der Waals surface area contributed by atoms with E-state index in [0.29, 0.717) is 6.54 Å². The number of rotatable bonds is 5. The molecule has 0 bridgehead atoms. The zero-order chi connectivity index (χ0) is 22.1. The summed E-state index contributed by atoms with van der Waals surface area (Å²) in [7, 11) is 0. The highest BCUT2D eigenvalue weighted by molar-refractivity contribution is 5.97. The minimum absolute atomic E-state index is 0.160. The average molecular weight is 433 g/mol. The fourth-order valence-electron chi connectivity index (χ4n) is 4.45. The van der Waals surface area contributed by atoms with Crippen molar-refractivity contribution in [1.82, 2.24) is 15.2 Å². The fraction of sp³-hybridized carbons (Fsp3) is 0.409. The molecular weight excluding hydrogens is 411 g/mol. The molecule has 0 radical (unpaired) electrons. The third-order valence-corrected chi connectivity index (χ3v) is 6.11. The summed E-state index contributed by atoms with van der Waals surface area (Å²) in [6.45, 7) is 0.781. The number of nitrogens with zero attached hydrogens (tertiary/aromatic N) is 2. The summed E-state index contributed by atoms with van der Waals surface area (Å²) in [5.41, 5.74) is 0.232. The molecule has 1 spiro atoms. The van der Waals surface area contributed by atoms with Crippen molar-refractivity contribution in [1.29, 1.82) is 0 Å². The third kappa shape index (κ3) is 4.50. The van der Waals surface area contributed by atoms with E-state index in [2.05, 4.69) is 15.0 Å². The quantitative estimate of drug-likeness (QED) is 0.783. The minimum atomic E-state index is -4.90. The molecule has 1 aliphatic heterocycles. The van der Waals surface area contributed by atoms with Crippen molar-refractivity contribution >= 4 is 11.8 Å². The number of amides is 2. The number of carbonyl (C=O) groups excluding carboxylic acids is 2. The first-order valence-corrected chi connectivity index (χ1v) is 10.1. The second-order valence-electron chi connectivity index (χ2n) is 8.04. The van der Waals surface area contributed by atoms with Gasteiger partial charge in [-0.1, -0.05) is 24.6 Å². The number of aromatic nitrogens is 1. The van der Waals surface area contributed by atoms with Gasteiger partial charge in [-0.2, -0.15) is 0 Å². The molecule has 1 aliphatic carbocycles. The van der Waals surface area contributed by atoms with Crippen LogP contribution in [0.4, 0.5) is 13.2 Å². The fourth-order valence-corrected chi connectivity index (χ4v) is 4.45. The van der Waals surface area contributed by atoms with Gasteiger partial charge in [0.25, 0.3) is 5.91 Å². The first-order valence-electron chi connectivity index (χ1n) is 10.1. The van der Waals surface area contributed by atoms with Crippen LogP contribution in [-0.4, -0.2) is 41.2 Å². The molecule has 1 unspecified atom stereocenters. The second kappa shape index (κ2) is 8.20. The predicted molar refractivity (Wildman–Crippen MR) is 105 cm³/mol. The third-order valence-electron chi connectivity index (χ3n) is 6.11. The van der Waals surface area contributed by atoms with Gasteiger partial charge >= 0.3 is 6.36 Å². The van der Waals surface area contributed by atoms with E-state index in [9.17, 15) is 22.8 Å². The first kappa shape index (κ1) is 21.1. The number of pyridine rings is 1. The Balaban J connectivity index is 1.49. The van der Waals surface area contributed by atoms with Crippen molar-refractivity contribution in [3.8, 4) is 5.75 Å². The van der Waals surface area contributed by atoms with Gasteiger partial charge in [0, 0.05) is 24.7 Å². The van der Waals surface area contributed by atoms with Crippen molar-refractivity contribution in [2.45, 2.75) is 32.2 Å². The largest absolute Gasteiger partial charge is 0.573 e. The zero-order valence-corrected chi connectivity index (χ0v) is 16.7. The Morgan fingerprint density at radius 3 is 2.55 bits per heavy atom. The predicted octanol–water partition coefficient (Wildman–Crippen LogP) is 3.54. The average Bonchev–Trinajstić information content (AvgIpc) is 3.13. The lowest BCUT2D eigenvalue weighted by atomic mass is 9.62. The SMILES string of the molecule is O=C(NCc1ccccn1)C1CN(C(=O)c2ccccc2OC(F)(F)F)CC12CCC2. The van der Waals surface area contributed by atoms with Crippen LogP contribution in [-0.2, 0) is 11.3 Å². The van der Waals surface area contributed by atoms with Gasteiger partial charge in [-0.25, -0.2) is 0 Å². The molecule has 1 saturated carbocycles. The van der Waals surface area contributed by atoms with E-state index in [0.717, 1.165) is 31.0 Å². The van der Waals surface area contributed by atoms with Crippen LogP contribution in [0.25, 0.3) is 0 Å². The maximum atomic E-state index is 13.1. The summed E-state index contributed by atoms with van der Waals surface area (Å²) in [6, 6.07) is 10.7. The molecule has 2 amide bonds. The molecule has 2 fully saturated rings. The maximum absolute atomic E-state index is 13.1.